The summed E-state index contributed by atoms with van der Waals surface area (Å²) >= 11 is 5.89. The van der Waals surface area contributed by atoms with Crippen molar-refractivity contribution in [1.82, 2.24) is 14.9 Å². The number of pyridine rings is 1. The van der Waals surface area contributed by atoms with Crippen LogP contribution in [0.15, 0.2) is 85.2 Å². The average molecular weight is 439 g/mol. The highest BCUT2D eigenvalue weighted by Gasteiger charge is 2.42. The molecule has 1 N–H and O–H groups in total. The third-order valence-corrected chi connectivity index (χ3v) is 6.29. The Balaban J connectivity index is 1.68. The summed E-state index contributed by atoms with van der Waals surface area (Å²) in [6.45, 7) is 6.37. The van der Waals surface area contributed by atoms with Crippen LogP contribution >= 0.6 is 12.2 Å². The molecule has 1 saturated heterocycles. The number of nitrogens with zero attached hydrogens (tertiary/aromatic N) is 3. The van der Waals surface area contributed by atoms with Crippen LogP contribution in [-0.2, 0) is 0 Å². The van der Waals surface area contributed by atoms with E-state index in [2.05, 4.69) is 107 Å². The van der Waals surface area contributed by atoms with Crippen LogP contribution in [0.5, 0.6) is 0 Å². The second-order valence-electron chi connectivity index (χ2n) is 8.48. The Labute approximate surface area is 194 Å². The molecule has 4 nitrogen and oxygen atoms in total. The summed E-state index contributed by atoms with van der Waals surface area (Å²) in [5.74, 6) is 0. The van der Waals surface area contributed by atoms with E-state index in [4.69, 9.17) is 12.2 Å². The van der Waals surface area contributed by atoms with Gasteiger partial charge in [0.25, 0.3) is 0 Å². The third-order valence-electron chi connectivity index (χ3n) is 5.98. The van der Waals surface area contributed by atoms with Gasteiger partial charge in [-0.25, -0.2) is 0 Å². The fraction of sp³-hybridized carbons (Fsp3) is 0.185. The largest absolute Gasteiger partial charge is 0.351 e. The fourth-order valence-electron chi connectivity index (χ4n) is 4.60. The van der Waals surface area contributed by atoms with E-state index in [1.54, 1.807) is 0 Å². The molecule has 1 aliphatic rings. The highest BCUT2D eigenvalue weighted by molar-refractivity contribution is 7.80. The number of benzene rings is 2. The predicted molar refractivity (Wildman–Crippen MR) is 134 cm³/mol. The molecule has 5 rings (SSSR count). The van der Waals surface area contributed by atoms with Gasteiger partial charge in [0.15, 0.2) is 5.11 Å². The Bertz CT molecular complexity index is 1240. The van der Waals surface area contributed by atoms with E-state index in [-0.39, 0.29) is 12.1 Å². The molecule has 160 valence electrons. The Morgan fingerprint density at radius 1 is 0.812 bits per heavy atom. The molecule has 2 atom stereocenters. The van der Waals surface area contributed by atoms with E-state index in [0.29, 0.717) is 5.11 Å². The lowest BCUT2D eigenvalue weighted by molar-refractivity contribution is 0.549. The number of aromatic nitrogens is 2. The number of hydrogen-bond donors (Lipinski definition) is 1. The van der Waals surface area contributed by atoms with Crippen LogP contribution in [0.25, 0.3) is 5.69 Å². The van der Waals surface area contributed by atoms with Crippen molar-refractivity contribution in [2.75, 3.05) is 4.90 Å². The van der Waals surface area contributed by atoms with Crippen molar-refractivity contribution in [3.8, 4) is 5.69 Å². The SMILES string of the molecule is Cc1ccc(-n2cccc2C2C(c3ccccn3)NC(=S)N2c2cc(C)cc(C)c2)cc1. The van der Waals surface area contributed by atoms with E-state index in [1.807, 2.05) is 18.3 Å². The van der Waals surface area contributed by atoms with Crippen LogP contribution in [-0.4, -0.2) is 14.7 Å². The molecule has 1 aliphatic heterocycles. The van der Waals surface area contributed by atoms with Crippen molar-refractivity contribution in [3.63, 3.8) is 0 Å². The predicted octanol–water partition coefficient (Wildman–Crippen LogP) is 5.97. The Morgan fingerprint density at radius 2 is 1.56 bits per heavy atom. The van der Waals surface area contributed by atoms with Crippen LogP contribution in [0.3, 0.4) is 0 Å². The van der Waals surface area contributed by atoms with Gasteiger partial charge in [-0.15, -0.1) is 0 Å². The minimum atomic E-state index is -0.0661. The maximum atomic E-state index is 5.89. The van der Waals surface area contributed by atoms with E-state index in [0.717, 1.165) is 22.8 Å². The van der Waals surface area contributed by atoms with E-state index in [1.165, 1.54) is 16.7 Å². The molecule has 32 heavy (non-hydrogen) atoms. The van der Waals surface area contributed by atoms with Gasteiger partial charge in [0.1, 0.15) is 6.04 Å². The van der Waals surface area contributed by atoms with Crippen LogP contribution in [0.2, 0.25) is 0 Å². The molecule has 0 saturated carbocycles. The summed E-state index contributed by atoms with van der Waals surface area (Å²) in [5, 5.41) is 4.28. The Kier molecular flexibility index (Phi) is 5.27. The van der Waals surface area contributed by atoms with Crippen molar-refractivity contribution < 1.29 is 0 Å². The van der Waals surface area contributed by atoms with Gasteiger partial charge >= 0.3 is 0 Å². The van der Waals surface area contributed by atoms with E-state index < -0.39 is 0 Å². The van der Waals surface area contributed by atoms with Crippen molar-refractivity contribution in [1.29, 1.82) is 0 Å². The molecule has 0 spiro atoms. The molecule has 0 amide bonds. The molecule has 3 heterocycles. The first-order valence-corrected chi connectivity index (χ1v) is 11.3. The summed E-state index contributed by atoms with van der Waals surface area (Å²) in [4.78, 5) is 6.92. The van der Waals surface area contributed by atoms with E-state index in [9.17, 15) is 0 Å². The normalized spacial score (nSPS) is 18.1. The highest BCUT2D eigenvalue weighted by atomic mass is 32.1. The summed E-state index contributed by atoms with van der Waals surface area (Å²) in [7, 11) is 0. The van der Waals surface area contributed by atoms with Crippen LogP contribution in [0.1, 0.15) is 40.2 Å². The molecule has 4 aromatic rings. The maximum absolute atomic E-state index is 5.89. The zero-order chi connectivity index (χ0) is 22.2. The van der Waals surface area contributed by atoms with Gasteiger partial charge in [0.05, 0.1) is 11.7 Å². The smallest absolute Gasteiger partial charge is 0.174 e. The standard InChI is InChI=1S/C27H26N4S/c1-18-9-11-21(12-10-18)30-14-6-8-24(30)26-25(23-7-4-5-13-28-23)29-27(32)31(26)22-16-19(2)15-20(3)17-22/h4-17,25-26H,1-3H3,(H,29,32). The van der Waals surface area contributed by atoms with Crippen molar-refractivity contribution >= 4 is 23.0 Å². The first kappa shape index (κ1) is 20.5. The second-order valence-corrected chi connectivity index (χ2v) is 8.87. The average Bonchev–Trinajstić information content (AvgIpc) is 3.38. The number of nitrogens with one attached hydrogen (secondary N) is 1. The lowest BCUT2D eigenvalue weighted by atomic mass is 10.00. The second kappa shape index (κ2) is 8.24. The molecule has 2 aromatic heterocycles. The summed E-state index contributed by atoms with van der Waals surface area (Å²) < 4.78 is 2.26. The lowest BCUT2D eigenvalue weighted by Gasteiger charge is -2.29. The first-order chi connectivity index (χ1) is 15.5. The zero-order valence-corrected chi connectivity index (χ0v) is 19.3. The van der Waals surface area contributed by atoms with Gasteiger partial charge in [0.2, 0.25) is 0 Å². The van der Waals surface area contributed by atoms with Crippen molar-refractivity contribution in [2.45, 2.75) is 32.9 Å². The quantitative estimate of drug-likeness (QED) is 0.398. The van der Waals surface area contributed by atoms with Crippen molar-refractivity contribution in [3.05, 3.63) is 113 Å². The van der Waals surface area contributed by atoms with E-state index >= 15 is 0 Å². The molecular formula is C27H26N4S. The van der Waals surface area contributed by atoms with Crippen molar-refractivity contribution in [2.24, 2.45) is 0 Å². The van der Waals surface area contributed by atoms with Crippen LogP contribution < -0.4 is 10.2 Å². The summed E-state index contributed by atoms with van der Waals surface area (Å²) in [6.07, 6.45) is 3.96. The molecule has 0 radical (unpaired) electrons. The van der Waals surface area contributed by atoms with Gasteiger partial charge in [0, 0.05) is 29.5 Å². The molecule has 2 unspecified atom stereocenters. The van der Waals surface area contributed by atoms with Crippen LogP contribution in [0, 0.1) is 20.8 Å². The number of rotatable bonds is 4. The fourth-order valence-corrected chi connectivity index (χ4v) is 4.94. The van der Waals surface area contributed by atoms with Gasteiger partial charge in [-0.05, 0) is 92.6 Å². The molecule has 5 heteroatoms. The first-order valence-electron chi connectivity index (χ1n) is 10.8. The molecule has 0 bridgehead atoms. The molecule has 2 aromatic carbocycles. The monoisotopic (exact) mass is 438 g/mol. The summed E-state index contributed by atoms with van der Waals surface area (Å²) in [5.41, 5.74) is 8.05. The van der Waals surface area contributed by atoms with Gasteiger partial charge < -0.3 is 14.8 Å². The minimum absolute atomic E-state index is 0.0464. The van der Waals surface area contributed by atoms with Crippen LogP contribution in [0.4, 0.5) is 5.69 Å². The zero-order valence-electron chi connectivity index (χ0n) is 18.5. The summed E-state index contributed by atoms with van der Waals surface area (Å²) in [6, 6.07) is 25.4. The highest BCUT2D eigenvalue weighted by Crippen LogP contribution is 2.42. The number of aryl methyl sites for hydroxylation is 3. The topological polar surface area (TPSA) is 33.1 Å². The Morgan fingerprint density at radius 3 is 2.25 bits per heavy atom. The van der Waals surface area contributed by atoms with Gasteiger partial charge in [-0.1, -0.05) is 29.8 Å². The maximum Gasteiger partial charge on any atom is 0.174 e. The molecule has 0 aliphatic carbocycles. The number of thiocarbonyl (C=S) groups is 1. The third kappa shape index (κ3) is 3.69. The molecular weight excluding hydrogens is 412 g/mol. The minimum Gasteiger partial charge on any atom is -0.351 e. The number of anilines is 1. The lowest BCUT2D eigenvalue weighted by Crippen LogP contribution is -2.30. The Hall–Kier alpha value is -3.44. The van der Waals surface area contributed by atoms with Gasteiger partial charge in [-0.3, -0.25) is 4.98 Å². The molecule has 1 fully saturated rings. The van der Waals surface area contributed by atoms with Gasteiger partial charge in [-0.2, -0.15) is 0 Å². The number of hydrogen-bond acceptors (Lipinski definition) is 2.